The lowest BCUT2D eigenvalue weighted by atomic mass is 9.98. The largest absolute Gasteiger partial charge is 0.494 e. The van der Waals surface area contributed by atoms with Gasteiger partial charge in [0, 0.05) is 17.0 Å². The van der Waals surface area contributed by atoms with Crippen LogP contribution in [0.15, 0.2) is 54.6 Å². The number of halogens is 3. The van der Waals surface area contributed by atoms with E-state index in [2.05, 4.69) is 6.92 Å². The lowest BCUT2D eigenvalue weighted by molar-refractivity contribution is -0.207. The van der Waals surface area contributed by atoms with E-state index >= 15 is 0 Å². The third kappa shape index (κ3) is 5.29. The van der Waals surface area contributed by atoms with Crippen LogP contribution in [0, 0.1) is 23.4 Å². The molecule has 180 valence electrons. The van der Waals surface area contributed by atoms with Gasteiger partial charge < -0.3 is 14.2 Å². The van der Waals surface area contributed by atoms with Crippen LogP contribution in [0.25, 0.3) is 22.3 Å². The second-order valence-electron chi connectivity index (χ2n) is 8.62. The lowest BCUT2D eigenvalue weighted by Crippen LogP contribution is -2.27. The van der Waals surface area contributed by atoms with Crippen molar-refractivity contribution in [2.75, 3.05) is 20.3 Å². The van der Waals surface area contributed by atoms with Gasteiger partial charge in [-0.3, -0.25) is 0 Å². The standard InChI is InChI=1S/C28H29F3O3/c1-3-4-5-6-18-16-33-28(34-17-18)23-12-11-21(15-24(23)29)19-7-9-20(10-8-19)22-13-14-25(32-2)27(31)26(22)30/h7-15,18,28H,3-6,16-17H2,1-2H3. The predicted molar refractivity (Wildman–Crippen MR) is 126 cm³/mol. The summed E-state index contributed by atoms with van der Waals surface area (Å²) in [6.07, 6.45) is 3.88. The Kier molecular flexibility index (Phi) is 7.91. The maximum absolute atomic E-state index is 14.9. The minimum Gasteiger partial charge on any atom is -0.494 e. The summed E-state index contributed by atoms with van der Waals surface area (Å²) in [5.41, 5.74) is 2.44. The molecule has 0 aliphatic carbocycles. The summed E-state index contributed by atoms with van der Waals surface area (Å²) < 4.78 is 59.8. The van der Waals surface area contributed by atoms with Crippen molar-refractivity contribution >= 4 is 0 Å². The van der Waals surface area contributed by atoms with E-state index in [1.54, 1.807) is 36.4 Å². The molecular formula is C28H29F3O3. The van der Waals surface area contributed by atoms with Crippen LogP contribution in [0.4, 0.5) is 13.2 Å². The molecule has 0 spiro atoms. The second kappa shape index (κ2) is 11.1. The fourth-order valence-electron chi connectivity index (χ4n) is 4.22. The molecule has 1 aliphatic heterocycles. The highest BCUT2D eigenvalue weighted by molar-refractivity contribution is 5.71. The van der Waals surface area contributed by atoms with Gasteiger partial charge in [-0.05, 0) is 41.3 Å². The summed E-state index contributed by atoms with van der Waals surface area (Å²) >= 11 is 0. The molecule has 4 rings (SSSR count). The number of benzene rings is 3. The summed E-state index contributed by atoms with van der Waals surface area (Å²) in [5, 5.41) is 0. The molecule has 6 heteroatoms. The van der Waals surface area contributed by atoms with Gasteiger partial charge in [0.1, 0.15) is 5.82 Å². The molecule has 1 aliphatic rings. The van der Waals surface area contributed by atoms with E-state index < -0.39 is 23.7 Å². The minimum absolute atomic E-state index is 0.131. The summed E-state index contributed by atoms with van der Waals surface area (Å²) in [6.45, 7) is 3.31. The van der Waals surface area contributed by atoms with Crippen molar-refractivity contribution in [3.8, 4) is 28.0 Å². The topological polar surface area (TPSA) is 27.7 Å². The molecule has 0 aromatic heterocycles. The van der Waals surface area contributed by atoms with Crippen LogP contribution in [0.3, 0.4) is 0 Å². The molecule has 0 N–H and O–H groups in total. The molecule has 3 aromatic rings. The molecule has 0 saturated carbocycles. The molecule has 0 atom stereocenters. The van der Waals surface area contributed by atoms with Gasteiger partial charge in [-0.2, -0.15) is 4.39 Å². The van der Waals surface area contributed by atoms with Gasteiger partial charge in [-0.1, -0.05) is 62.6 Å². The Labute approximate surface area is 198 Å². The van der Waals surface area contributed by atoms with E-state index in [0.29, 0.717) is 35.8 Å². The van der Waals surface area contributed by atoms with Crippen LogP contribution in [-0.2, 0) is 9.47 Å². The van der Waals surface area contributed by atoms with Gasteiger partial charge in [-0.25, -0.2) is 8.78 Å². The first-order chi connectivity index (χ1) is 16.5. The monoisotopic (exact) mass is 470 g/mol. The maximum atomic E-state index is 14.9. The van der Waals surface area contributed by atoms with Gasteiger partial charge in [0.2, 0.25) is 5.82 Å². The van der Waals surface area contributed by atoms with Crippen LogP contribution >= 0.6 is 0 Å². The lowest BCUT2D eigenvalue weighted by Gasteiger charge is -2.30. The predicted octanol–water partition coefficient (Wildman–Crippen LogP) is 7.69. The van der Waals surface area contributed by atoms with Crippen LogP contribution in [0.1, 0.15) is 44.5 Å². The van der Waals surface area contributed by atoms with Crippen LogP contribution in [0.2, 0.25) is 0 Å². The minimum atomic E-state index is -1.03. The van der Waals surface area contributed by atoms with Gasteiger partial charge >= 0.3 is 0 Å². The number of hydrogen-bond acceptors (Lipinski definition) is 3. The molecular weight excluding hydrogens is 441 g/mol. The van der Waals surface area contributed by atoms with Crippen molar-refractivity contribution in [1.29, 1.82) is 0 Å². The summed E-state index contributed by atoms with van der Waals surface area (Å²) in [4.78, 5) is 0. The van der Waals surface area contributed by atoms with E-state index in [-0.39, 0.29) is 11.3 Å². The zero-order chi connectivity index (χ0) is 24.1. The zero-order valence-corrected chi connectivity index (χ0v) is 19.5. The molecule has 3 aromatic carbocycles. The molecule has 34 heavy (non-hydrogen) atoms. The zero-order valence-electron chi connectivity index (χ0n) is 19.5. The Balaban J connectivity index is 1.45. The summed E-state index contributed by atoms with van der Waals surface area (Å²) in [7, 11) is 1.29. The van der Waals surface area contributed by atoms with Crippen molar-refractivity contribution < 1.29 is 27.4 Å². The SMILES string of the molecule is CCCCCC1COC(c2ccc(-c3ccc(-c4ccc(OC)c(F)c4F)cc3)cc2F)OC1. The fourth-order valence-corrected chi connectivity index (χ4v) is 4.22. The Morgan fingerprint density at radius 3 is 2.15 bits per heavy atom. The number of unbranched alkanes of at least 4 members (excludes halogenated alkanes) is 2. The number of ether oxygens (including phenoxy) is 3. The smallest absolute Gasteiger partial charge is 0.201 e. The molecule has 0 bridgehead atoms. The van der Waals surface area contributed by atoms with Crippen LogP contribution in [-0.4, -0.2) is 20.3 Å². The molecule has 0 radical (unpaired) electrons. The maximum Gasteiger partial charge on any atom is 0.201 e. The molecule has 0 unspecified atom stereocenters. The molecule has 3 nitrogen and oxygen atoms in total. The van der Waals surface area contributed by atoms with Crippen LogP contribution < -0.4 is 4.74 Å². The van der Waals surface area contributed by atoms with Crippen molar-refractivity contribution in [2.24, 2.45) is 5.92 Å². The Hall–Kier alpha value is -2.83. The highest BCUT2D eigenvalue weighted by Gasteiger charge is 2.25. The van der Waals surface area contributed by atoms with E-state index in [1.165, 1.54) is 38.2 Å². The average molecular weight is 471 g/mol. The van der Waals surface area contributed by atoms with E-state index in [9.17, 15) is 13.2 Å². The first-order valence-electron chi connectivity index (χ1n) is 11.7. The highest BCUT2D eigenvalue weighted by Crippen LogP contribution is 2.33. The van der Waals surface area contributed by atoms with Crippen LogP contribution in [0.5, 0.6) is 5.75 Å². The number of rotatable bonds is 8. The Morgan fingerprint density at radius 1 is 0.824 bits per heavy atom. The van der Waals surface area contributed by atoms with Gasteiger partial charge in [0.05, 0.1) is 20.3 Å². The van der Waals surface area contributed by atoms with Crippen molar-refractivity contribution in [3.05, 3.63) is 77.6 Å². The Bertz CT molecular complexity index is 1110. The third-order valence-corrected chi connectivity index (χ3v) is 6.23. The summed E-state index contributed by atoms with van der Waals surface area (Å²) in [6, 6.07) is 14.6. The fraction of sp³-hybridized carbons (Fsp3) is 0.357. The molecule has 1 fully saturated rings. The number of methoxy groups -OCH3 is 1. The van der Waals surface area contributed by atoms with E-state index in [0.717, 1.165) is 18.4 Å². The molecule has 0 amide bonds. The molecule has 1 saturated heterocycles. The van der Waals surface area contributed by atoms with Crippen molar-refractivity contribution in [3.63, 3.8) is 0 Å². The Morgan fingerprint density at radius 2 is 1.50 bits per heavy atom. The van der Waals surface area contributed by atoms with Crippen molar-refractivity contribution in [1.82, 2.24) is 0 Å². The average Bonchev–Trinajstić information content (AvgIpc) is 2.86. The first-order valence-corrected chi connectivity index (χ1v) is 11.7. The normalized spacial score (nSPS) is 18.1. The quantitative estimate of drug-likeness (QED) is 0.316. The van der Waals surface area contributed by atoms with Gasteiger partial charge in [0.25, 0.3) is 0 Å². The third-order valence-electron chi connectivity index (χ3n) is 6.23. The number of hydrogen-bond donors (Lipinski definition) is 0. The highest BCUT2D eigenvalue weighted by atomic mass is 19.2. The van der Waals surface area contributed by atoms with Gasteiger partial charge in [-0.15, -0.1) is 0 Å². The van der Waals surface area contributed by atoms with E-state index in [4.69, 9.17) is 14.2 Å². The van der Waals surface area contributed by atoms with Gasteiger partial charge in [0.15, 0.2) is 17.9 Å². The van der Waals surface area contributed by atoms with E-state index in [1.807, 2.05) is 0 Å². The summed E-state index contributed by atoms with van der Waals surface area (Å²) in [5.74, 6) is -2.19. The molecule has 1 heterocycles. The van der Waals surface area contributed by atoms with Crippen molar-refractivity contribution in [2.45, 2.75) is 38.9 Å². The second-order valence-corrected chi connectivity index (χ2v) is 8.62. The first kappa shape index (κ1) is 24.3.